The second kappa shape index (κ2) is 8.17. The van der Waals surface area contributed by atoms with Crippen molar-refractivity contribution in [3.63, 3.8) is 0 Å². The molecule has 1 rings (SSSR count). The average molecular weight is 222 g/mol. The van der Waals surface area contributed by atoms with E-state index in [-0.39, 0.29) is 6.61 Å². The van der Waals surface area contributed by atoms with Crippen LogP contribution in [0.5, 0.6) is 5.75 Å². The van der Waals surface area contributed by atoms with Crippen molar-refractivity contribution in [1.82, 2.24) is 0 Å². The number of hydrogen-bond acceptors (Lipinski definition) is 2. The fraction of sp³-hybridized carbons (Fsp3) is 0.571. The van der Waals surface area contributed by atoms with Crippen LogP contribution in [0.2, 0.25) is 0 Å². The van der Waals surface area contributed by atoms with Crippen molar-refractivity contribution in [2.24, 2.45) is 0 Å². The Morgan fingerprint density at radius 1 is 1.06 bits per heavy atom. The molecule has 0 aromatic heterocycles. The summed E-state index contributed by atoms with van der Waals surface area (Å²) < 4.78 is 5.60. The normalized spacial score (nSPS) is 10.4. The Balaban J connectivity index is 2.21. The predicted octanol–water partition coefficient (Wildman–Crippen LogP) is 3.18. The molecule has 0 heterocycles. The Bertz CT molecular complexity index is 267. The predicted molar refractivity (Wildman–Crippen MR) is 66.9 cm³/mol. The first-order chi connectivity index (χ1) is 7.86. The van der Waals surface area contributed by atoms with E-state index in [1.165, 1.54) is 12.0 Å². The first-order valence-electron chi connectivity index (χ1n) is 6.19. The summed E-state index contributed by atoms with van der Waals surface area (Å²) in [6.45, 7) is 3.21. The van der Waals surface area contributed by atoms with Crippen LogP contribution in [0.15, 0.2) is 24.3 Å². The van der Waals surface area contributed by atoms with Crippen molar-refractivity contribution in [2.75, 3.05) is 13.2 Å². The molecule has 1 aromatic rings. The SMILES string of the molecule is CCCc1ccc(OCCCCCO)cc1. The third-order valence-electron chi connectivity index (χ3n) is 2.53. The summed E-state index contributed by atoms with van der Waals surface area (Å²) in [5.74, 6) is 0.948. The van der Waals surface area contributed by atoms with Gasteiger partial charge in [0.25, 0.3) is 0 Å². The number of rotatable bonds is 8. The summed E-state index contributed by atoms with van der Waals surface area (Å²) >= 11 is 0. The van der Waals surface area contributed by atoms with Crippen LogP contribution in [0.3, 0.4) is 0 Å². The van der Waals surface area contributed by atoms with Crippen molar-refractivity contribution in [3.8, 4) is 5.75 Å². The van der Waals surface area contributed by atoms with Crippen LogP contribution in [-0.2, 0) is 6.42 Å². The second-order valence-corrected chi connectivity index (χ2v) is 4.03. The third kappa shape index (κ3) is 5.17. The van der Waals surface area contributed by atoms with Gasteiger partial charge in [0.2, 0.25) is 0 Å². The summed E-state index contributed by atoms with van der Waals surface area (Å²) in [5, 5.41) is 8.62. The molecule has 0 spiro atoms. The van der Waals surface area contributed by atoms with Gasteiger partial charge in [0, 0.05) is 6.61 Å². The molecule has 0 saturated heterocycles. The van der Waals surface area contributed by atoms with Gasteiger partial charge in [-0.15, -0.1) is 0 Å². The van der Waals surface area contributed by atoms with Crippen LogP contribution in [0.1, 0.15) is 38.2 Å². The van der Waals surface area contributed by atoms with Gasteiger partial charge in [0.05, 0.1) is 6.61 Å². The molecule has 0 unspecified atom stereocenters. The zero-order chi connectivity index (χ0) is 11.6. The minimum absolute atomic E-state index is 0.283. The maximum Gasteiger partial charge on any atom is 0.119 e. The standard InChI is InChI=1S/C14H22O2/c1-2-6-13-7-9-14(10-8-13)16-12-5-3-4-11-15/h7-10,15H,2-6,11-12H2,1H3. The van der Waals surface area contributed by atoms with Gasteiger partial charge < -0.3 is 9.84 Å². The highest BCUT2D eigenvalue weighted by molar-refractivity contribution is 5.27. The van der Waals surface area contributed by atoms with Crippen LogP contribution < -0.4 is 4.74 Å². The molecule has 0 aliphatic heterocycles. The number of hydrogen-bond donors (Lipinski definition) is 1. The first-order valence-corrected chi connectivity index (χ1v) is 6.19. The lowest BCUT2D eigenvalue weighted by Crippen LogP contribution is -1.98. The van der Waals surface area contributed by atoms with Crippen molar-refractivity contribution in [1.29, 1.82) is 0 Å². The molecule has 90 valence electrons. The molecule has 0 bridgehead atoms. The minimum Gasteiger partial charge on any atom is -0.494 e. The molecule has 2 nitrogen and oxygen atoms in total. The van der Waals surface area contributed by atoms with Crippen LogP contribution in [0.25, 0.3) is 0 Å². The van der Waals surface area contributed by atoms with E-state index in [4.69, 9.17) is 9.84 Å². The second-order valence-electron chi connectivity index (χ2n) is 4.03. The van der Waals surface area contributed by atoms with E-state index in [0.717, 1.165) is 38.0 Å². The van der Waals surface area contributed by atoms with Gasteiger partial charge in [0.15, 0.2) is 0 Å². The summed E-state index contributed by atoms with van der Waals surface area (Å²) in [6.07, 6.45) is 5.23. The zero-order valence-electron chi connectivity index (χ0n) is 10.1. The quantitative estimate of drug-likeness (QED) is 0.684. The lowest BCUT2D eigenvalue weighted by molar-refractivity contribution is 0.266. The van der Waals surface area contributed by atoms with Crippen molar-refractivity contribution in [2.45, 2.75) is 39.0 Å². The molecule has 1 N–H and O–H groups in total. The molecule has 0 atom stereocenters. The molecule has 0 amide bonds. The number of unbranched alkanes of at least 4 members (excludes halogenated alkanes) is 2. The number of benzene rings is 1. The van der Waals surface area contributed by atoms with E-state index in [2.05, 4.69) is 19.1 Å². The maximum absolute atomic E-state index is 8.62. The molecular formula is C14H22O2. The molecule has 0 aliphatic rings. The summed E-state index contributed by atoms with van der Waals surface area (Å²) in [5.41, 5.74) is 1.37. The highest BCUT2D eigenvalue weighted by atomic mass is 16.5. The smallest absolute Gasteiger partial charge is 0.119 e. The van der Waals surface area contributed by atoms with E-state index >= 15 is 0 Å². The summed E-state index contributed by atoms with van der Waals surface area (Å²) in [6, 6.07) is 8.34. The van der Waals surface area contributed by atoms with E-state index in [9.17, 15) is 0 Å². The lowest BCUT2D eigenvalue weighted by Gasteiger charge is -2.06. The average Bonchev–Trinajstić information content (AvgIpc) is 2.31. The Kier molecular flexibility index (Phi) is 6.66. The fourth-order valence-electron chi connectivity index (χ4n) is 1.62. The van der Waals surface area contributed by atoms with Crippen molar-refractivity contribution in [3.05, 3.63) is 29.8 Å². The van der Waals surface area contributed by atoms with Gasteiger partial charge in [-0.2, -0.15) is 0 Å². The zero-order valence-corrected chi connectivity index (χ0v) is 10.1. The molecule has 0 fully saturated rings. The van der Waals surface area contributed by atoms with Gasteiger partial charge in [0.1, 0.15) is 5.75 Å². The fourth-order valence-corrected chi connectivity index (χ4v) is 1.62. The van der Waals surface area contributed by atoms with Crippen LogP contribution in [-0.4, -0.2) is 18.3 Å². The first kappa shape index (κ1) is 13.0. The van der Waals surface area contributed by atoms with Crippen LogP contribution >= 0.6 is 0 Å². The Labute approximate surface area is 98.3 Å². The number of aliphatic hydroxyl groups excluding tert-OH is 1. The summed E-state index contributed by atoms with van der Waals surface area (Å²) in [4.78, 5) is 0. The van der Waals surface area contributed by atoms with Gasteiger partial charge in [-0.05, 0) is 43.4 Å². The molecule has 0 radical (unpaired) electrons. The molecular weight excluding hydrogens is 200 g/mol. The van der Waals surface area contributed by atoms with E-state index in [1.807, 2.05) is 12.1 Å². The molecule has 16 heavy (non-hydrogen) atoms. The monoisotopic (exact) mass is 222 g/mol. The van der Waals surface area contributed by atoms with Gasteiger partial charge >= 0.3 is 0 Å². The van der Waals surface area contributed by atoms with E-state index in [0.29, 0.717) is 0 Å². The maximum atomic E-state index is 8.62. The molecule has 1 aromatic carbocycles. The Morgan fingerprint density at radius 2 is 1.81 bits per heavy atom. The van der Waals surface area contributed by atoms with Gasteiger partial charge in [-0.3, -0.25) is 0 Å². The number of aliphatic hydroxyl groups is 1. The highest BCUT2D eigenvalue weighted by Gasteiger charge is 1.95. The van der Waals surface area contributed by atoms with Gasteiger partial charge in [-0.1, -0.05) is 25.5 Å². The van der Waals surface area contributed by atoms with Crippen LogP contribution in [0.4, 0.5) is 0 Å². The molecule has 2 heteroatoms. The largest absolute Gasteiger partial charge is 0.494 e. The Hall–Kier alpha value is -1.02. The number of ether oxygens (including phenoxy) is 1. The number of aryl methyl sites for hydroxylation is 1. The molecule has 0 saturated carbocycles. The lowest BCUT2D eigenvalue weighted by atomic mass is 10.1. The topological polar surface area (TPSA) is 29.5 Å². The molecule has 0 aliphatic carbocycles. The van der Waals surface area contributed by atoms with Crippen molar-refractivity contribution < 1.29 is 9.84 Å². The van der Waals surface area contributed by atoms with E-state index in [1.54, 1.807) is 0 Å². The van der Waals surface area contributed by atoms with E-state index < -0.39 is 0 Å². The third-order valence-corrected chi connectivity index (χ3v) is 2.53. The Morgan fingerprint density at radius 3 is 2.44 bits per heavy atom. The van der Waals surface area contributed by atoms with Crippen LogP contribution in [0, 0.1) is 0 Å². The highest BCUT2D eigenvalue weighted by Crippen LogP contribution is 2.13. The minimum atomic E-state index is 0.283. The van der Waals surface area contributed by atoms with Crippen molar-refractivity contribution >= 4 is 0 Å². The summed E-state index contributed by atoms with van der Waals surface area (Å²) in [7, 11) is 0. The van der Waals surface area contributed by atoms with Gasteiger partial charge in [-0.25, -0.2) is 0 Å².